The molecule has 34 heavy (non-hydrogen) atoms. The molecule has 0 aliphatic heterocycles. The normalized spacial score (nSPS) is 11.8. The maximum Gasteiger partial charge on any atom is 0.417 e. The molecule has 11 nitrogen and oxygen atoms in total. The lowest BCUT2D eigenvalue weighted by Gasteiger charge is -2.10. The second kappa shape index (κ2) is 8.68. The monoisotopic (exact) mass is 500 g/mol. The Hall–Kier alpha value is -4.10. The van der Waals surface area contributed by atoms with Crippen LogP contribution in [0, 0.1) is 0 Å². The molecule has 174 valence electrons. The Labute approximate surface area is 193 Å². The standard InChI is InChI=1S/C21H16N4O7S2/c1-33(28,29)16-10-11-19-18(13-16)20(26)25(24-23-19)34(30,31)17-9-5-6-14(12-17)22-21(27)32-15-7-3-2-4-8-15/h2-13H,1H3,(H,22,27). The first-order valence-corrected chi connectivity index (χ1v) is 12.9. The van der Waals surface area contributed by atoms with Gasteiger partial charge in [0.05, 0.1) is 15.2 Å². The Morgan fingerprint density at radius 2 is 1.65 bits per heavy atom. The average Bonchev–Trinajstić information content (AvgIpc) is 2.79. The number of aromatic nitrogens is 3. The molecule has 3 aromatic carbocycles. The number of fused-ring (bicyclic) bond motifs is 1. The van der Waals surface area contributed by atoms with Crippen LogP contribution in [0.3, 0.4) is 0 Å². The number of anilines is 1. The van der Waals surface area contributed by atoms with E-state index in [0.717, 1.165) is 18.4 Å². The minimum Gasteiger partial charge on any atom is -0.410 e. The number of ether oxygens (including phenoxy) is 1. The number of sulfone groups is 1. The van der Waals surface area contributed by atoms with Gasteiger partial charge in [-0.25, -0.2) is 13.2 Å². The lowest BCUT2D eigenvalue weighted by Crippen LogP contribution is -2.31. The van der Waals surface area contributed by atoms with E-state index in [9.17, 15) is 26.4 Å². The van der Waals surface area contributed by atoms with Crippen LogP contribution in [0.4, 0.5) is 10.5 Å². The third-order valence-electron chi connectivity index (χ3n) is 4.59. The van der Waals surface area contributed by atoms with Gasteiger partial charge in [0.15, 0.2) is 9.84 Å². The van der Waals surface area contributed by atoms with Crippen molar-refractivity contribution in [2.75, 3.05) is 11.6 Å². The number of para-hydroxylation sites is 1. The molecule has 0 bridgehead atoms. The highest BCUT2D eigenvalue weighted by molar-refractivity contribution is 7.90. The fourth-order valence-electron chi connectivity index (χ4n) is 2.97. The summed E-state index contributed by atoms with van der Waals surface area (Å²) in [6.45, 7) is 0. The van der Waals surface area contributed by atoms with Gasteiger partial charge in [-0.15, -0.1) is 5.10 Å². The molecule has 0 unspecified atom stereocenters. The van der Waals surface area contributed by atoms with Crippen LogP contribution in [0.15, 0.2) is 87.4 Å². The lowest BCUT2D eigenvalue weighted by atomic mass is 10.2. The predicted molar refractivity (Wildman–Crippen MR) is 122 cm³/mol. The van der Waals surface area contributed by atoms with E-state index >= 15 is 0 Å². The molecular formula is C21H16N4O7S2. The Morgan fingerprint density at radius 3 is 2.35 bits per heavy atom. The van der Waals surface area contributed by atoms with E-state index < -0.39 is 31.5 Å². The molecule has 0 saturated carbocycles. The molecular weight excluding hydrogens is 484 g/mol. The van der Waals surface area contributed by atoms with Gasteiger partial charge in [-0.1, -0.05) is 28.4 Å². The van der Waals surface area contributed by atoms with Crippen molar-refractivity contribution < 1.29 is 26.4 Å². The zero-order valence-electron chi connectivity index (χ0n) is 17.4. The number of rotatable bonds is 5. The topological polar surface area (TPSA) is 154 Å². The van der Waals surface area contributed by atoms with Crippen LogP contribution in [-0.4, -0.2) is 43.6 Å². The van der Waals surface area contributed by atoms with E-state index in [-0.39, 0.29) is 36.2 Å². The van der Waals surface area contributed by atoms with Crippen molar-refractivity contribution in [1.82, 2.24) is 14.4 Å². The summed E-state index contributed by atoms with van der Waals surface area (Å²) in [7, 11) is -8.19. The summed E-state index contributed by atoms with van der Waals surface area (Å²) in [6, 6.07) is 16.9. The lowest BCUT2D eigenvalue weighted by molar-refractivity contribution is 0.215. The van der Waals surface area contributed by atoms with Gasteiger partial charge in [0, 0.05) is 11.9 Å². The molecule has 4 aromatic rings. The molecule has 0 aliphatic carbocycles. The largest absolute Gasteiger partial charge is 0.417 e. The van der Waals surface area contributed by atoms with E-state index in [0.29, 0.717) is 0 Å². The van der Waals surface area contributed by atoms with Crippen LogP contribution in [0.5, 0.6) is 5.75 Å². The molecule has 0 radical (unpaired) electrons. The summed E-state index contributed by atoms with van der Waals surface area (Å²) < 4.78 is 55.1. The van der Waals surface area contributed by atoms with Gasteiger partial charge in [-0.05, 0) is 53.7 Å². The van der Waals surface area contributed by atoms with Crippen LogP contribution in [0.1, 0.15) is 0 Å². The van der Waals surface area contributed by atoms with Gasteiger partial charge >= 0.3 is 6.09 Å². The fourth-order valence-corrected chi connectivity index (χ4v) is 4.79. The number of hydrogen-bond donors (Lipinski definition) is 1. The number of benzene rings is 3. The number of carbonyl (C=O) groups excluding carboxylic acids is 1. The molecule has 0 atom stereocenters. The summed E-state index contributed by atoms with van der Waals surface area (Å²) >= 11 is 0. The van der Waals surface area contributed by atoms with Crippen molar-refractivity contribution in [2.24, 2.45) is 0 Å². The maximum absolute atomic E-state index is 13.1. The smallest absolute Gasteiger partial charge is 0.410 e. The zero-order valence-corrected chi connectivity index (χ0v) is 19.1. The number of hydrogen-bond acceptors (Lipinski definition) is 9. The van der Waals surface area contributed by atoms with E-state index in [2.05, 4.69) is 15.6 Å². The van der Waals surface area contributed by atoms with E-state index in [1.807, 2.05) is 0 Å². The van der Waals surface area contributed by atoms with Crippen LogP contribution >= 0.6 is 0 Å². The Bertz CT molecular complexity index is 1680. The van der Waals surface area contributed by atoms with Crippen molar-refractivity contribution in [3.63, 3.8) is 0 Å². The predicted octanol–water partition coefficient (Wildman–Crippen LogP) is 2.04. The fraction of sp³-hybridized carbons (Fsp3) is 0.0476. The van der Waals surface area contributed by atoms with Crippen LogP contribution < -0.4 is 15.6 Å². The highest BCUT2D eigenvalue weighted by atomic mass is 32.2. The first-order valence-electron chi connectivity index (χ1n) is 9.55. The second-order valence-electron chi connectivity index (χ2n) is 7.05. The van der Waals surface area contributed by atoms with Gasteiger partial charge in [0.2, 0.25) is 0 Å². The number of carbonyl (C=O) groups is 1. The van der Waals surface area contributed by atoms with Gasteiger partial charge < -0.3 is 4.74 Å². The Morgan fingerprint density at radius 1 is 0.912 bits per heavy atom. The van der Waals surface area contributed by atoms with Crippen molar-refractivity contribution >= 4 is 42.5 Å². The summed E-state index contributed by atoms with van der Waals surface area (Å²) in [6.07, 6.45) is 0.107. The van der Waals surface area contributed by atoms with Crippen LogP contribution in [0.2, 0.25) is 0 Å². The third-order valence-corrected chi connectivity index (χ3v) is 7.25. The van der Waals surface area contributed by atoms with Gasteiger partial charge in [-0.3, -0.25) is 10.1 Å². The first-order chi connectivity index (χ1) is 16.1. The second-order valence-corrected chi connectivity index (χ2v) is 10.8. The van der Waals surface area contributed by atoms with Crippen molar-refractivity contribution in [1.29, 1.82) is 0 Å². The van der Waals surface area contributed by atoms with Gasteiger partial charge in [0.1, 0.15) is 11.3 Å². The quantitative estimate of drug-likeness (QED) is 0.433. The number of nitrogens with one attached hydrogen (secondary N) is 1. The number of nitrogens with zero attached hydrogens (tertiary/aromatic N) is 3. The molecule has 1 amide bonds. The highest BCUT2D eigenvalue weighted by Gasteiger charge is 2.23. The third kappa shape index (κ3) is 4.65. The van der Waals surface area contributed by atoms with E-state index in [4.69, 9.17) is 4.74 Å². The maximum atomic E-state index is 13.1. The Balaban J connectivity index is 1.69. The SMILES string of the molecule is CS(=O)(=O)c1ccc2nnn(S(=O)(=O)c3cccc(NC(=O)Oc4ccccc4)c3)c(=O)c2c1. The van der Waals surface area contributed by atoms with Crippen LogP contribution in [0.25, 0.3) is 10.9 Å². The Kier molecular flexibility index (Phi) is 5.89. The molecule has 0 aliphatic rings. The minimum atomic E-state index is -4.54. The molecule has 0 saturated heterocycles. The molecule has 0 spiro atoms. The molecule has 1 heterocycles. The summed E-state index contributed by atoms with van der Waals surface area (Å²) in [5.74, 6) is 0.287. The highest BCUT2D eigenvalue weighted by Crippen LogP contribution is 2.19. The first kappa shape index (κ1) is 23.1. The van der Waals surface area contributed by atoms with Crippen molar-refractivity contribution in [2.45, 2.75) is 9.79 Å². The zero-order chi connectivity index (χ0) is 24.5. The molecule has 4 rings (SSSR count). The average molecular weight is 501 g/mol. The molecule has 13 heteroatoms. The van der Waals surface area contributed by atoms with Crippen LogP contribution in [-0.2, 0) is 19.9 Å². The van der Waals surface area contributed by atoms with Crippen molar-refractivity contribution in [3.05, 3.63) is 83.2 Å². The molecule has 1 N–H and O–H groups in total. The number of amides is 1. The van der Waals surface area contributed by atoms with Crippen molar-refractivity contribution in [3.8, 4) is 5.75 Å². The minimum absolute atomic E-state index is 0.0305. The van der Waals surface area contributed by atoms with E-state index in [1.165, 1.54) is 30.3 Å². The molecule has 1 aromatic heterocycles. The summed E-state index contributed by atoms with van der Waals surface area (Å²) in [4.78, 5) is 24.5. The summed E-state index contributed by atoms with van der Waals surface area (Å²) in [5.41, 5.74) is -0.955. The van der Waals surface area contributed by atoms with Gasteiger partial charge in [-0.2, -0.15) is 8.42 Å². The van der Waals surface area contributed by atoms with Gasteiger partial charge in [0.25, 0.3) is 15.6 Å². The van der Waals surface area contributed by atoms with E-state index in [1.54, 1.807) is 30.3 Å². The summed E-state index contributed by atoms with van der Waals surface area (Å²) in [5, 5.41) is 9.39. The molecule has 0 fully saturated rings.